The molecule has 0 radical (unpaired) electrons. The lowest BCUT2D eigenvalue weighted by atomic mass is 9.84. The molecule has 3 rings (SSSR count). The lowest BCUT2D eigenvalue weighted by Gasteiger charge is -2.39. The third-order valence-electron chi connectivity index (χ3n) is 4.54. The maximum Gasteiger partial charge on any atom is 0.416 e. The summed E-state index contributed by atoms with van der Waals surface area (Å²) < 4.78 is 37.5. The SMILES string of the molecule is C.O=C(C=C1CCN2CCCC1C2)Nc1ccc(C(F)(F)F)cc1. The number of benzene rings is 1. The normalized spacial score (nSPS) is 25.0. The largest absolute Gasteiger partial charge is 0.416 e. The Kier molecular flexibility index (Phi) is 5.70. The molecular formula is C18H23F3N2O. The quantitative estimate of drug-likeness (QED) is 0.813. The van der Waals surface area contributed by atoms with Crippen LogP contribution in [0.1, 0.15) is 32.3 Å². The monoisotopic (exact) mass is 340 g/mol. The van der Waals surface area contributed by atoms with Gasteiger partial charge < -0.3 is 10.2 Å². The minimum absolute atomic E-state index is 0. The van der Waals surface area contributed by atoms with Crippen molar-refractivity contribution in [1.29, 1.82) is 0 Å². The molecule has 2 fully saturated rings. The molecule has 2 aliphatic rings. The molecule has 1 amide bonds. The molecule has 0 saturated carbocycles. The number of hydrogen-bond acceptors (Lipinski definition) is 2. The summed E-state index contributed by atoms with van der Waals surface area (Å²) in [5.41, 5.74) is 0.815. The zero-order chi connectivity index (χ0) is 16.4. The van der Waals surface area contributed by atoms with Crippen LogP contribution in [0.5, 0.6) is 0 Å². The summed E-state index contributed by atoms with van der Waals surface area (Å²) in [6.45, 7) is 3.14. The van der Waals surface area contributed by atoms with Crippen LogP contribution in [0, 0.1) is 5.92 Å². The number of carbonyl (C=O) groups is 1. The second-order valence-corrected chi connectivity index (χ2v) is 6.17. The van der Waals surface area contributed by atoms with Gasteiger partial charge in [0.1, 0.15) is 0 Å². The van der Waals surface area contributed by atoms with Crippen LogP contribution in [0.2, 0.25) is 0 Å². The number of nitrogens with zero attached hydrogens (tertiary/aromatic N) is 1. The van der Waals surface area contributed by atoms with Crippen molar-refractivity contribution in [1.82, 2.24) is 4.90 Å². The number of nitrogens with one attached hydrogen (secondary N) is 1. The van der Waals surface area contributed by atoms with Gasteiger partial charge in [-0.2, -0.15) is 13.2 Å². The third kappa shape index (κ3) is 4.38. The smallest absolute Gasteiger partial charge is 0.323 e. The van der Waals surface area contributed by atoms with Gasteiger partial charge in [0, 0.05) is 24.9 Å². The van der Waals surface area contributed by atoms with Crippen molar-refractivity contribution in [2.24, 2.45) is 5.92 Å². The highest BCUT2D eigenvalue weighted by molar-refractivity contribution is 5.99. The van der Waals surface area contributed by atoms with Gasteiger partial charge >= 0.3 is 6.18 Å². The molecule has 1 N–H and O–H groups in total. The summed E-state index contributed by atoms with van der Waals surface area (Å²) in [6, 6.07) is 4.51. The summed E-state index contributed by atoms with van der Waals surface area (Å²) in [5, 5.41) is 2.65. The molecular weight excluding hydrogens is 317 g/mol. The van der Waals surface area contributed by atoms with Gasteiger partial charge in [0.05, 0.1) is 5.56 Å². The zero-order valence-electron chi connectivity index (χ0n) is 12.7. The summed E-state index contributed by atoms with van der Waals surface area (Å²) in [5.74, 6) is 0.176. The van der Waals surface area contributed by atoms with E-state index in [0.29, 0.717) is 11.6 Å². The van der Waals surface area contributed by atoms with Crippen LogP contribution < -0.4 is 5.32 Å². The van der Waals surface area contributed by atoms with Crippen molar-refractivity contribution in [2.75, 3.05) is 25.0 Å². The predicted molar refractivity (Wildman–Crippen MR) is 88.7 cm³/mol. The third-order valence-corrected chi connectivity index (χ3v) is 4.54. The van der Waals surface area contributed by atoms with E-state index in [0.717, 1.165) is 56.6 Å². The lowest BCUT2D eigenvalue weighted by molar-refractivity contribution is -0.137. The van der Waals surface area contributed by atoms with Crippen LogP contribution in [0.3, 0.4) is 0 Å². The van der Waals surface area contributed by atoms with Gasteiger partial charge in [-0.1, -0.05) is 13.0 Å². The Morgan fingerprint density at radius 2 is 1.92 bits per heavy atom. The average Bonchev–Trinajstić information content (AvgIpc) is 2.50. The van der Waals surface area contributed by atoms with E-state index in [9.17, 15) is 18.0 Å². The van der Waals surface area contributed by atoms with Gasteiger partial charge in [-0.15, -0.1) is 0 Å². The molecule has 0 aliphatic carbocycles. The highest BCUT2D eigenvalue weighted by atomic mass is 19.4. The first-order valence-electron chi connectivity index (χ1n) is 7.83. The first-order valence-corrected chi connectivity index (χ1v) is 7.83. The topological polar surface area (TPSA) is 32.3 Å². The Morgan fingerprint density at radius 1 is 1.21 bits per heavy atom. The highest BCUT2D eigenvalue weighted by Crippen LogP contribution is 2.31. The first-order chi connectivity index (χ1) is 10.9. The Hall–Kier alpha value is -1.82. The Morgan fingerprint density at radius 3 is 2.58 bits per heavy atom. The molecule has 3 nitrogen and oxygen atoms in total. The van der Waals surface area contributed by atoms with Gasteiger partial charge in [-0.25, -0.2) is 0 Å². The molecule has 2 bridgehead atoms. The Balaban J connectivity index is 0.00000208. The number of alkyl halides is 3. The summed E-state index contributed by atoms with van der Waals surface area (Å²) in [7, 11) is 0. The van der Waals surface area contributed by atoms with Crippen LogP contribution in [0.4, 0.5) is 18.9 Å². The average molecular weight is 340 g/mol. The molecule has 6 heteroatoms. The van der Waals surface area contributed by atoms with E-state index in [1.165, 1.54) is 12.1 Å². The molecule has 132 valence electrons. The number of hydrogen-bond donors (Lipinski definition) is 1. The van der Waals surface area contributed by atoms with E-state index in [2.05, 4.69) is 10.2 Å². The molecule has 2 heterocycles. The van der Waals surface area contributed by atoms with Crippen LogP contribution in [0.25, 0.3) is 0 Å². The molecule has 0 spiro atoms. The van der Waals surface area contributed by atoms with Crippen molar-refractivity contribution in [2.45, 2.75) is 32.9 Å². The molecule has 2 unspecified atom stereocenters. The Labute approximate surface area is 140 Å². The number of amides is 1. The minimum Gasteiger partial charge on any atom is -0.323 e. The molecule has 2 atom stereocenters. The number of piperidine rings is 2. The van der Waals surface area contributed by atoms with Crippen LogP contribution in [-0.4, -0.2) is 30.4 Å². The van der Waals surface area contributed by atoms with E-state index in [4.69, 9.17) is 0 Å². The molecule has 1 aromatic rings. The maximum atomic E-state index is 12.5. The lowest BCUT2D eigenvalue weighted by Crippen LogP contribution is -2.41. The second kappa shape index (κ2) is 7.38. The molecule has 2 saturated heterocycles. The number of halogens is 3. The highest BCUT2D eigenvalue weighted by Gasteiger charge is 2.30. The number of carbonyl (C=O) groups excluding carboxylic acids is 1. The van der Waals surface area contributed by atoms with Crippen molar-refractivity contribution >= 4 is 11.6 Å². The van der Waals surface area contributed by atoms with E-state index in [-0.39, 0.29) is 13.3 Å². The molecule has 24 heavy (non-hydrogen) atoms. The van der Waals surface area contributed by atoms with Crippen molar-refractivity contribution in [3.05, 3.63) is 41.5 Å². The fourth-order valence-corrected chi connectivity index (χ4v) is 3.33. The number of fused-ring (bicyclic) bond motifs is 2. The zero-order valence-corrected chi connectivity index (χ0v) is 12.7. The van der Waals surface area contributed by atoms with E-state index >= 15 is 0 Å². The van der Waals surface area contributed by atoms with Crippen molar-refractivity contribution in [3.63, 3.8) is 0 Å². The van der Waals surface area contributed by atoms with Crippen LogP contribution >= 0.6 is 0 Å². The molecule has 2 aliphatic heterocycles. The fraction of sp³-hybridized carbons (Fsp3) is 0.500. The van der Waals surface area contributed by atoms with E-state index in [1.807, 2.05) is 0 Å². The van der Waals surface area contributed by atoms with Crippen molar-refractivity contribution in [3.8, 4) is 0 Å². The standard InChI is InChI=1S/C17H19F3N2O.CH4/c18-17(19,20)14-3-5-15(6-4-14)21-16(23)10-12-7-9-22-8-1-2-13(12)11-22;/h3-6,10,13H,1-2,7-9,11H2,(H,21,23);1H4. The summed E-state index contributed by atoms with van der Waals surface area (Å²) in [4.78, 5) is 14.5. The van der Waals surface area contributed by atoms with E-state index in [1.54, 1.807) is 6.08 Å². The van der Waals surface area contributed by atoms with Gasteiger partial charge in [-0.3, -0.25) is 4.79 Å². The first kappa shape index (κ1) is 18.5. The minimum atomic E-state index is -4.36. The van der Waals surface area contributed by atoms with Gasteiger partial charge in [0.25, 0.3) is 0 Å². The Bertz CT molecular complexity index is 608. The van der Waals surface area contributed by atoms with Crippen LogP contribution in [-0.2, 0) is 11.0 Å². The molecule has 1 aromatic carbocycles. The van der Waals surface area contributed by atoms with Gasteiger partial charge in [-0.05, 0) is 56.0 Å². The van der Waals surface area contributed by atoms with E-state index < -0.39 is 11.7 Å². The number of anilines is 1. The van der Waals surface area contributed by atoms with Crippen molar-refractivity contribution < 1.29 is 18.0 Å². The maximum absolute atomic E-state index is 12.5. The second-order valence-electron chi connectivity index (χ2n) is 6.17. The molecule has 0 aromatic heterocycles. The van der Waals surface area contributed by atoms with Gasteiger partial charge in [0.15, 0.2) is 0 Å². The van der Waals surface area contributed by atoms with Gasteiger partial charge in [0.2, 0.25) is 5.91 Å². The number of rotatable bonds is 2. The summed E-state index contributed by atoms with van der Waals surface area (Å²) >= 11 is 0. The predicted octanol–water partition coefficient (Wildman–Crippen LogP) is 4.32. The fourth-order valence-electron chi connectivity index (χ4n) is 3.33. The summed E-state index contributed by atoms with van der Waals surface area (Å²) in [6.07, 6.45) is 0.425. The van der Waals surface area contributed by atoms with Crippen LogP contribution in [0.15, 0.2) is 35.9 Å².